The van der Waals surface area contributed by atoms with Crippen LogP contribution in [0.1, 0.15) is 17.5 Å². The number of rotatable bonds is 5. The van der Waals surface area contributed by atoms with E-state index >= 15 is 0 Å². The van der Waals surface area contributed by atoms with Crippen molar-refractivity contribution in [3.63, 3.8) is 0 Å². The summed E-state index contributed by atoms with van der Waals surface area (Å²) in [6.45, 7) is 0.700. The van der Waals surface area contributed by atoms with Crippen LogP contribution in [0.2, 0.25) is 10.0 Å². The van der Waals surface area contributed by atoms with Gasteiger partial charge in [-0.25, -0.2) is 0 Å². The Kier molecular flexibility index (Phi) is 6.35. The normalized spacial score (nSPS) is 16.9. The molecular weight excluding hydrogens is 435 g/mol. The minimum Gasteiger partial charge on any atom is -0.496 e. The zero-order valence-electron chi connectivity index (χ0n) is 17.0. The van der Waals surface area contributed by atoms with Crippen molar-refractivity contribution in [3.8, 4) is 5.75 Å². The summed E-state index contributed by atoms with van der Waals surface area (Å²) in [5.41, 5.74) is 1.76. The molecule has 1 aliphatic rings. The minimum atomic E-state index is -0.673. The van der Waals surface area contributed by atoms with Crippen molar-refractivity contribution in [3.05, 3.63) is 75.8 Å². The fourth-order valence-corrected chi connectivity index (χ4v) is 4.27. The largest absolute Gasteiger partial charge is 0.496 e. The molecule has 0 bridgehead atoms. The molecule has 160 valence electrons. The van der Waals surface area contributed by atoms with Crippen LogP contribution in [-0.2, 0) is 22.6 Å². The number of carbonyl (C=O) groups is 2. The molecule has 0 aromatic heterocycles. The lowest BCUT2D eigenvalue weighted by Gasteiger charge is -2.26. The lowest BCUT2D eigenvalue weighted by Crippen LogP contribution is -2.45. The van der Waals surface area contributed by atoms with Gasteiger partial charge in [-0.05, 0) is 34.5 Å². The molecule has 0 saturated carbocycles. The quantitative estimate of drug-likeness (QED) is 0.609. The molecule has 3 aromatic rings. The third-order valence-electron chi connectivity index (χ3n) is 5.54. The first-order valence-corrected chi connectivity index (χ1v) is 10.8. The van der Waals surface area contributed by atoms with Crippen molar-refractivity contribution in [2.45, 2.75) is 25.4 Å². The number of methoxy groups -OCH3 is 1. The van der Waals surface area contributed by atoms with E-state index in [9.17, 15) is 9.59 Å². The maximum absolute atomic E-state index is 13.4. The average Bonchev–Trinajstić information content (AvgIpc) is 2.90. The highest BCUT2D eigenvalue weighted by Crippen LogP contribution is 2.30. The first kappa shape index (κ1) is 21.5. The predicted molar refractivity (Wildman–Crippen MR) is 123 cm³/mol. The van der Waals surface area contributed by atoms with Crippen LogP contribution in [0.5, 0.6) is 5.75 Å². The molecule has 0 aliphatic carbocycles. The minimum absolute atomic E-state index is 0.132. The molecule has 1 fully saturated rings. The zero-order valence-corrected chi connectivity index (χ0v) is 18.5. The Morgan fingerprint density at radius 3 is 2.65 bits per heavy atom. The van der Waals surface area contributed by atoms with Gasteiger partial charge in [0.1, 0.15) is 11.8 Å². The number of nitrogens with zero attached hydrogens (tertiary/aromatic N) is 1. The van der Waals surface area contributed by atoms with Crippen LogP contribution >= 0.6 is 23.2 Å². The van der Waals surface area contributed by atoms with Gasteiger partial charge in [0.2, 0.25) is 11.8 Å². The molecule has 0 spiro atoms. The van der Waals surface area contributed by atoms with Gasteiger partial charge in [0.05, 0.1) is 17.2 Å². The second-order valence-corrected chi connectivity index (χ2v) is 8.36. The molecule has 1 atom stereocenters. The lowest BCUT2D eigenvalue weighted by molar-refractivity contribution is -0.134. The molecule has 0 unspecified atom stereocenters. The van der Waals surface area contributed by atoms with Gasteiger partial charge in [0.15, 0.2) is 0 Å². The summed E-state index contributed by atoms with van der Waals surface area (Å²) in [5.74, 6) is 0.439. The lowest BCUT2D eigenvalue weighted by atomic mass is 10.0. The molecule has 1 N–H and O–H groups in total. The van der Waals surface area contributed by atoms with E-state index in [0.29, 0.717) is 29.6 Å². The Labute approximate surface area is 190 Å². The van der Waals surface area contributed by atoms with Crippen molar-refractivity contribution in [1.29, 1.82) is 0 Å². The van der Waals surface area contributed by atoms with Gasteiger partial charge in [-0.2, -0.15) is 0 Å². The topological polar surface area (TPSA) is 58.6 Å². The molecule has 3 aromatic carbocycles. The number of carbonyl (C=O) groups excluding carboxylic acids is 2. The van der Waals surface area contributed by atoms with Gasteiger partial charge < -0.3 is 15.0 Å². The van der Waals surface area contributed by atoms with E-state index in [1.807, 2.05) is 42.5 Å². The second-order valence-electron chi connectivity index (χ2n) is 7.55. The maximum atomic E-state index is 13.4. The standard InChI is InChI=1S/C24H22Cl2N2O3/c1-31-22-9-7-16-4-2-3-5-17(16)18(22)14-28-11-10-23(29)27-21(24(28)30)13-15-6-8-19(25)20(26)12-15/h2-9,12,21H,10-11,13-14H2,1H3,(H,27,29)/t21-/m0/s1. The molecule has 31 heavy (non-hydrogen) atoms. The number of hydrogen-bond donors (Lipinski definition) is 1. The number of benzene rings is 3. The monoisotopic (exact) mass is 456 g/mol. The highest BCUT2D eigenvalue weighted by molar-refractivity contribution is 6.42. The molecule has 7 heteroatoms. The molecule has 4 rings (SSSR count). The Morgan fingerprint density at radius 2 is 1.87 bits per heavy atom. The van der Waals surface area contributed by atoms with E-state index in [-0.39, 0.29) is 18.2 Å². The van der Waals surface area contributed by atoms with Crippen molar-refractivity contribution < 1.29 is 14.3 Å². The van der Waals surface area contributed by atoms with Crippen LogP contribution in [0.3, 0.4) is 0 Å². The Hall–Kier alpha value is -2.76. The highest BCUT2D eigenvalue weighted by atomic mass is 35.5. The van der Waals surface area contributed by atoms with Gasteiger partial charge in [-0.1, -0.05) is 59.6 Å². The van der Waals surface area contributed by atoms with E-state index in [1.54, 1.807) is 24.1 Å². The summed E-state index contributed by atoms with van der Waals surface area (Å²) in [6.07, 6.45) is 0.585. The van der Waals surface area contributed by atoms with Crippen LogP contribution in [0.25, 0.3) is 10.8 Å². The molecule has 5 nitrogen and oxygen atoms in total. The summed E-state index contributed by atoms with van der Waals surface area (Å²) in [5, 5.41) is 5.82. The van der Waals surface area contributed by atoms with Gasteiger partial charge >= 0.3 is 0 Å². The summed E-state index contributed by atoms with van der Waals surface area (Å²) < 4.78 is 5.58. The second kappa shape index (κ2) is 9.16. The molecule has 0 radical (unpaired) electrons. The predicted octanol–water partition coefficient (Wildman–Crippen LogP) is 4.62. The van der Waals surface area contributed by atoms with Crippen LogP contribution < -0.4 is 10.1 Å². The van der Waals surface area contributed by atoms with Crippen LogP contribution in [0.4, 0.5) is 0 Å². The number of ether oxygens (including phenoxy) is 1. The average molecular weight is 457 g/mol. The van der Waals surface area contributed by atoms with E-state index in [2.05, 4.69) is 5.32 Å². The number of hydrogen-bond acceptors (Lipinski definition) is 3. The highest BCUT2D eigenvalue weighted by Gasteiger charge is 2.31. The van der Waals surface area contributed by atoms with Crippen LogP contribution in [0.15, 0.2) is 54.6 Å². The number of halogens is 2. The van der Waals surface area contributed by atoms with Crippen molar-refractivity contribution in [2.24, 2.45) is 0 Å². The maximum Gasteiger partial charge on any atom is 0.245 e. The van der Waals surface area contributed by atoms with Crippen LogP contribution in [0, 0.1) is 0 Å². The fraction of sp³-hybridized carbons (Fsp3) is 0.250. The first-order valence-electron chi connectivity index (χ1n) is 10.0. The summed E-state index contributed by atoms with van der Waals surface area (Å²) in [4.78, 5) is 27.4. The molecule has 2 amide bonds. The van der Waals surface area contributed by atoms with E-state index in [0.717, 1.165) is 27.6 Å². The summed E-state index contributed by atoms with van der Waals surface area (Å²) >= 11 is 12.1. The summed E-state index contributed by atoms with van der Waals surface area (Å²) in [6, 6.07) is 16.5. The molecule has 1 heterocycles. The van der Waals surface area contributed by atoms with E-state index in [4.69, 9.17) is 27.9 Å². The van der Waals surface area contributed by atoms with Crippen molar-refractivity contribution in [2.75, 3.05) is 13.7 Å². The number of fused-ring (bicyclic) bond motifs is 1. The summed E-state index contributed by atoms with van der Waals surface area (Å²) in [7, 11) is 1.62. The molecular formula is C24H22Cl2N2O3. The zero-order chi connectivity index (χ0) is 22.0. The van der Waals surface area contributed by atoms with Gasteiger partial charge in [-0.15, -0.1) is 0 Å². The Balaban J connectivity index is 1.64. The van der Waals surface area contributed by atoms with Crippen molar-refractivity contribution >= 4 is 45.8 Å². The Bertz CT molecular complexity index is 1150. The fourth-order valence-electron chi connectivity index (χ4n) is 3.95. The van der Waals surface area contributed by atoms with E-state index < -0.39 is 6.04 Å². The van der Waals surface area contributed by atoms with E-state index in [1.165, 1.54) is 0 Å². The first-order chi connectivity index (χ1) is 15.0. The number of amides is 2. The SMILES string of the molecule is COc1ccc2ccccc2c1CN1CCC(=O)N[C@@H](Cc2ccc(Cl)c(Cl)c2)C1=O. The van der Waals surface area contributed by atoms with Gasteiger partial charge in [0, 0.05) is 31.5 Å². The smallest absolute Gasteiger partial charge is 0.245 e. The van der Waals surface area contributed by atoms with Gasteiger partial charge in [0.25, 0.3) is 0 Å². The number of nitrogens with one attached hydrogen (secondary N) is 1. The van der Waals surface area contributed by atoms with Crippen LogP contribution in [-0.4, -0.2) is 36.4 Å². The van der Waals surface area contributed by atoms with Gasteiger partial charge in [-0.3, -0.25) is 9.59 Å². The van der Waals surface area contributed by atoms with Crippen molar-refractivity contribution in [1.82, 2.24) is 10.2 Å². The third kappa shape index (κ3) is 4.63. The molecule has 1 aliphatic heterocycles. The third-order valence-corrected chi connectivity index (χ3v) is 6.28. The Morgan fingerprint density at radius 1 is 1.06 bits per heavy atom. The molecule has 1 saturated heterocycles.